The zero-order chi connectivity index (χ0) is 12.0. The molecule has 0 unspecified atom stereocenters. The molecule has 5 heteroatoms. The first-order valence-electron chi connectivity index (χ1n) is 4.79. The van der Waals surface area contributed by atoms with Crippen molar-refractivity contribution in [3.05, 3.63) is 22.7 Å². The summed E-state index contributed by atoms with van der Waals surface area (Å²) in [6.07, 6.45) is 1.63. The molecule has 0 fully saturated rings. The van der Waals surface area contributed by atoms with Crippen molar-refractivity contribution in [2.75, 3.05) is 20.0 Å². The van der Waals surface area contributed by atoms with E-state index in [1.165, 1.54) is 7.11 Å². The van der Waals surface area contributed by atoms with Crippen LogP contribution in [0.4, 0.5) is 0 Å². The van der Waals surface area contributed by atoms with Crippen LogP contribution in [0, 0.1) is 0 Å². The Balaban J connectivity index is 3.20. The van der Waals surface area contributed by atoms with Gasteiger partial charge in [0, 0.05) is 10.6 Å². The molecule has 0 amide bonds. The molecule has 1 aromatic rings. The van der Waals surface area contributed by atoms with Gasteiger partial charge in [0.15, 0.2) is 0 Å². The van der Waals surface area contributed by atoms with Gasteiger partial charge >= 0.3 is 0 Å². The molecular formula is C11H14ClNO2S. The van der Waals surface area contributed by atoms with E-state index in [0.717, 1.165) is 22.0 Å². The van der Waals surface area contributed by atoms with Gasteiger partial charge in [-0.25, -0.2) is 0 Å². The van der Waals surface area contributed by atoms with E-state index in [-0.39, 0.29) is 0 Å². The van der Waals surface area contributed by atoms with Crippen molar-refractivity contribution < 1.29 is 9.57 Å². The number of nitrogens with zero attached hydrogens (tertiary/aromatic N) is 1. The SMILES string of the molecule is CCSc1c(/C=N/OC)cc(Cl)cc1OC. The molecule has 0 heterocycles. The van der Waals surface area contributed by atoms with E-state index >= 15 is 0 Å². The average Bonchev–Trinajstić information content (AvgIpc) is 2.29. The number of hydrogen-bond acceptors (Lipinski definition) is 4. The molecule has 0 saturated carbocycles. The molecule has 88 valence electrons. The van der Waals surface area contributed by atoms with Crippen molar-refractivity contribution >= 4 is 29.6 Å². The number of methoxy groups -OCH3 is 1. The van der Waals surface area contributed by atoms with Gasteiger partial charge < -0.3 is 9.57 Å². The number of hydrogen-bond donors (Lipinski definition) is 0. The van der Waals surface area contributed by atoms with Crippen LogP contribution in [0.15, 0.2) is 22.2 Å². The van der Waals surface area contributed by atoms with E-state index in [1.54, 1.807) is 31.2 Å². The fourth-order valence-electron chi connectivity index (χ4n) is 1.24. The molecular weight excluding hydrogens is 246 g/mol. The number of benzene rings is 1. The van der Waals surface area contributed by atoms with Gasteiger partial charge in [-0.2, -0.15) is 0 Å². The number of thioether (sulfide) groups is 1. The lowest BCUT2D eigenvalue weighted by Crippen LogP contribution is -1.93. The van der Waals surface area contributed by atoms with E-state index in [9.17, 15) is 0 Å². The summed E-state index contributed by atoms with van der Waals surface area (Å²) >= 11 is 7.67. The van der Waals surface area contributed by atoms with Crippen molar-refractivity contribution in [2.45, 2.75) is 11.8 Å². The van der Waals surface area contributed by atoms with Gasteiger partial charge in [0.25, 0.3) is 0 Å². The maximum absolute atomic E-state index is 5.99. The van der Waals surface area contributed by atoms with Gasteiger partial charge in [-0.15, -0.1) is 11.8 Å². The highest BCUT2D eigenvalue weighted by atomic mass is 35.5. The van der Waals surface area contributed by atoms with Crippen LogP contribution < -0.4 is 4.74 Å². The molecule has 0 N–H and O–H groups in total. The Hall–Kier alpha value is -0.870. The summed E-state index contributed by atoms with van der Waals surface area (Å²) in [6.45, 7) is 2.08. The topological polar surface area (TPSA) is 30.8 Å². The molecule has 3 nitrogen and oxygen atoms in total. The van der Waals surface area contributed by atoms with Crippen molar-refractivity contribution in [1.82, 2.24) is 0 Å². The highest BCUT2D eigenvalue weighted by Crippen LogP contribution is 2.34. The molecule has 0 atom stereocenters. The van der Waals surface area contributed by atoms with Gasteiger partial charge in [-0.1, -0.05) is 23.7 Å². The Bertz CT molecular complexity index is 382. The minimum Gasteiger partial charge on any atom is -0.496 e. The number of halogens is 1. The average molecular weight is 260 g/mol. The summed E-state index contributed by atoms with van der Waals surface area (Å²) in [6, 6.07) is 3.63. The van der Waals surface area contributed by atoms with Gasteiger partial charge in [0.1, 0.15) is 12.9 Å². The molecule has 0 bridgehead atoms. The van der Waals surface area contributed by atoms with Gasteiger partial charge in [0.05, 0.1) is 18.2 Å². The largest absolute Gasteiger partial charge is 0.496 e. The molecule has 0 radical (unpaired) electrons. The Morgan fingerprint density at radius 2 is 2.19 bits per heavy atom. The van der Waals surface area contributed by atoms with E-state index < -0.39 is 0 Å². The molecule has 0 aliphatic rings. The summed E-state index contributed by atoms with van der Waals surface area (Å²) in [7, 11) is 3.13. The van der Waals surface area contributed by atoms with Gasteiger partial charge in [-0.05, 0) is 17.9 Å². The minimum atomic E-state index is 0.620. The summed E-state index contributed by atoms with van der Waals surface area (Å²) in [4.78, 5) is 5.69. The first-order valence-corrected chi connectivity index (χ1v) is 6.16. The second kappa shape index (κ2) is 6.66. The number of rotatable bonds is 5. The highest BCUT2D eigenvalue weighted by Gasteiger charge is 2.10. The summed E-state index contributed by atoms with van der Waals surface area (Å²) in [5.41, 5.74) is 0.901. The van der Waals surface area contributed by atoms with Crippen LogP contribution in [-0.4, -0.2) is 26.2 Å². The Kier molecular flexibility index (Phi) is 5.49. The monoisotopic (exact) mass is 259 g/mol. The zero-order valence-electron chi connectivity index (χ0n) is 9.49. The molecule has 0 aliphatic carbocycles. The van der Waals surface area contributed by atoms with Gasteiger partial charge in [-0.3, -0.25) is 0 Å². The molecule has 0 saturated heterocycles. The third-order valence-corrected chi connectivity index (χ3v) is 3.09. The fraction of sp³-hybridized carbons (Fsp3) is 0.364. The molecule has 0 spiro atoms. The summed E-state index contributed by atoms with van der Waals surface area (Å²) < 4.78 is 5.29. The number of ether oxygens (including phenoxy) is 1. The maximum atomic E-state index is 5.99. The third kappa shape index (κ3) is 3.32. The quantitative estimate of drug-likeness (QED) is 0.461. The van der Waals surface area contributed by atoms with E-state index in [2.05, 4.69) is 16.9 Å². The predicted molar refractivity (Wildman–Crippen MR) is 69.0 cm³/mol. The fourth-order valence-corrected chi connectivity index (χ4v) is 2.31. The first-order chi connectivity index (χ1) is 7.72. The summed E-state index contributed by atoms with van der Waals surface area (Å²) in [5, 5.41) is 4.37. The van der Waals surface area contributed by atoms with Crippen LogP contribution in [0.2, 0.25) is 5.02 Å². The second-order valence-electron chi connectivity index (χ2n) is 2.88. The lowest BCUT2D eigenvalue weighted by Gasteiger charge is -2.10. The van der Waals surface area contributed by atoms with Crippen LogP contribution >= 0.6 is 23.4 Å². The van der Waals surface area contributed by atoms with Crippen molar-refractivity contribution in [2.24, 2.45) is 5.16 Å². The van der Waals surface area contributed by atoms with E-state index in [1.807, 2.05) is 6.07 Å². The van der Waals surface area contributed by atoms with Crippen molar-refractivity contribution in [3.8, 4) is 5.75 Å². The normalized spacial score (nSPS) is 10.8. The van der Waals surface area contributed by atoms with Crippen LogP contribution in [-0.2, 0) is 4.84 Å². The Morgan fingerprint density at radius 1 is 1.44 bits per heavy atom. The minimum absolute atomic E-state index is 0.620. The first kappa shape index (κ1) is 13.2. The smallest absolute Gasteiger partial charge is 0.134 e. The van der Waals surface area contributed by atoms with Crippen LogP contribution in [0.25, 0.3) is 0 Å². The Morgan fingerprint density at radius 3 is 2.75 bits per heavy atom. The van der Waals surface area contributed by atoms with Gasteiger partial charge in [0.2, 0.25) is 0 Å². The van der Waals surface area contributed by atoms with Crippen molar-refractivity contribution in [1.29, 1.82) is 0 Å². The lowest BCUT2D eigenvalue weighted by molar-refractivity contribution is 0.215. The van der Waals surface area contributed by atoms with Crippen LogP contribution in [0.5, 0.6) is 5.75 Å². The van der Waals surface area contributed by atoms with Crippen LogP contribution in [0.3, 0.4) is 0 Å². The zero-order valence-corrected chi connectivity index (χ0v) is 11.1. The molecule has 0 aromatic heterocycles. The van der Waals surface area contributed by atoms with Crippen LogP contribution in [0.1, 0.15) is 12.5 Å². The summed E-state index contributed by atoms with van der Waals surface area (Å²) in [5.74, 6) is 1.71. The standard InChI is InChI=1S/C11H14ClNO2S/c1-4-16-11-8(7-13-15-3)5-9(12)6-10(11)14-2/h5-7H,4H2,1-3H3/b13-7+. The highest BCUT2D eigenvalue weighted by molar-refractivity contribution is 7.99. The molecule has 16 heavy (non-hydrogen) atoms. The molecule has 1 rings (SSSR count). The third-order valence-electron chi connectivity index (χ3n) is 1.85. The number of oxime groups is 1. The maximum Gasteiger partial charge on any atom is 0.134 e. The van der Waals surface area contributed by atoms with E-state index in [4.69, 9.17) is 16.3 Å². The Labute approximate surface area is 105 Å². The van der Waals surface area contributed by atoms with E-state index in [0.29, 0.717) is 5.02 Å². The predicted octanol–water partition coefficient (Wildman–Crippen LogP) is 3.44. The van der Waals surface area contributed by atoms with Crippen molar-refractivity contribution in [3.63, 3.8) is 0 Å². The molecule has 1 aromatic carbocycles. The second-order valence-corrected chi connectivity index (χ2v) is 4.59. The molecule has 0 aliphatic heterocycles. The lowest BCUT2D eigenvalue weighted by atomic mass is 10.2.